The van der Waals surface area contributed by atoms with Crippen LogP contribution in [-0.2, 0) is 4.79 Å². The molecule has 1 aromatic heterocycles. The molecule has 0 unspecified atom stereocenters. The second-order valence-electron chi connectivity index (χ2n) is 7.54. The molecule has 3 aromatic carbocycles. The minimum Gasteiger partial charge on any atom is -0.478 e. The second kappa shape index (κ2) is 9.80. The average molecular weight is 458 g/mol. The van der Waals surface area contributed by atoms with Crippen LogP contribution < -0.4 is 0 Å². The van der Waals surface area contributed by atoms with E-state index in [9.17, 15) is 9.18 Å². The molecule has 0 saturated heterocycles. The molecule has 1 N–H and O–H groups in total. The Balaban J connectivity index is 1.94. The van der Waals surface area contributed by atoms with Crippen molar-refractivity contribution in [2.75, 3.05) is 0 Å². The quantitative estimate of drug-likeness (QED) is 0.241. The molecule has 3 nitrogen and oxygen atoms in total. The second-order valence-corrected chi connectivity index (χ2v) is 7.94. The van der Waals surface area contributed by atoms with Crippen LogP contribution in [0.5, 0.6) is 0 Å². The Hall–Kier alpha value is -3.76. The van der Waals surface area contributed by atoms with E-state index in [4.69, 9.17) is 16.7 Å². The molecule has 0 amide bonds. The molecule has 0 spiro atoms. The van der Waals surface area contributed by atoms with E-state index < -0.39 is 5.97 Å². The number of rotatable bonds is 6. The maximum Gasteiger partial charge on any atom is 0.328 e. The topological polar surface area (TPSA) is 50.2 Å². The van der Waals surface area contributed by atoms with Crippen molar-refractivity contribution in [3.63, 3.8) is 0 Å². The number of halogens is 2. The fourth-order valence-electron chi connectivity index (χ4n) is 3.90. The Morgan fingerprint density at radius 1 is 1.03 bits per heavy atom. The van der Waals surface area contributed by atoms with E-state index in [-0.39, 0.29) is 5.82 Å². The summed E-state index contributed by atoms with van der Waals surface area (Å²) in [6.45, 7) is 2.04. The van der Waals surface area contributed by atoms with E-state index in [1.807, 2.05) is 61.5 Å². The minimum absolute atomic E-state index is 0.351. The van der Waals surface area contributed by atoms with E-state index in [2.05, 4.69) is 4.98 Å². The molecule has 4 aromatic rings. The van der Waals surface area contributed by atoms with Crippen molar-refractivity contribution in [1.82, 2.24) is 4.98 Å². The number of aliphatic carboxylic acids is 1. The maximum atomic E-state index is 13.8. The van der Waals surface area contributed by atoms with Gasteiger partial charge in [0.15, 0.2) is 0 Å². The molecule has 33 heavy (non-hydrogen) atoms. The number of carboxylic acids is 1. The number of hydrogen-bond acceptors (Lipinski definition) is 2. The lowest BCUT2D eigenvalue weighted by molar-refractivity contribution is -0.131. The van der Waals surface area contributed by atoms with Crippen LogP contribution in [0.3, 0.4) is 0 Å². The lowest BCUT2D eigenvalue weighted by Crippen LogP contribution is -1.97. The number of benzene rings is 3. The third kappa shape index (κ3) is 5.02. The van der Waals surface area contributed by atoms with E-state index >= 15 is 0 Å². The summed E-state index contributed by atoms with van der Waals surface area (Å²) in [6.07, 6.45) is 5.09. The number of aromatic nitrogens is 1. The highest BCUT2D eigenvalue weighted by molar-refractivity contribution is 6.32. The summed E-state index contributed by atoms with van der Waals surface area (Å²) in [5.41, 5.74) is 6.26. The van der Waals surface area contributed by atoms with Gasteiger partial charge in [0, 0.05) is 17.7 Å². The molecule has 0 aliphatic rings. The van der Waals surface area contributed by atoms with Crippen LogP contribution in [0.1, 0.15) is 35.6 Å². The third-order valence-electron chi connectivity index (χ3n) is 5.42. The van der Waals surface area contributed by atoms with Gasteiger partial charge >= 0.3 is 5.97 Å². The van der Waals surface area contributed by atoms with Gasteiger partial charge in [-0.1, -0.05) is 67.1 Å². The van der Waals surface area contributed by atoms with Crippen molar-refractivity contribution in [3.05, 3.63) is 118 Å². The maximum absolute atomic E-state index is 13.8. The Morgan fingerprint density at radius 3 is 2.48 bits per heavy atom. The van der Waals surface area contributed by atoms with Gasteiger partial charge in [-0.15, -0.1) is 0 Å². The number of fused-ring (bicyclic) bond motifs is 1. The smallest absolute Gasteiger partial charge is 0.328 e. The molecule has 164 valence electrons. The largest absolute Gasteiger partial charge is 0.478 e. The third-order valence-corrected chi connectivity index (χ3v) is 5.74. The van der Waals surface area contributed by atoms with E-state index in [1.165, 1.54) is 12.1 Å². The molecule has 1 heterocycles. The zero-order chi connectivity index (χ0) is 23.4. The lowest BCUT2D eigenvalue weighted by atomic mass is 9.87. The standard InChI is InChI=1S/C28H21ClFNO2/c1-2-23(24-13-12-22(30)17-25(24)29)28(20-8-5-18(6-9-20)7-14-27(32)33)21-11-10-19-4-3-15-31-26(19)16-21/h3-17H,2H2,1H3,(H,32,33). The van der Waals surface area contributed by atoms with Gasteiger partial charge in [-0.3, -0.25) is 4.98 Å². The van der Waals surface area contributed by atoms with Gasteiger partial charge in [-0.2, -0.15) is 0 Å². The zero-order valence-electron chi connectivity index (χ0n) is 17.9. The SMILES string of the molecule is CCC(=C(c1ccc(C=CC(=O)O)cc1)c1ccc2cccnc2c1)c1ccc(F)cc1Cl. The minimum atomic E-state index is -0.998. The zero-order valence-corrected chi connectivity index (χ0v) is 18.7. The molecule has 5 heteroatoms. The Labute approximate surface area is 196 Å². The lowest BCUT2D eigenvalue weighted by Gasteiger charge is -2.18. The first-order valence-corrected chi connectivity index (χ1v) is 10.9. The predicted molar refractivity (Wildman–Crippen MR) is 132 cm³/mol. The number of pyridine rings is 1. The first-order valence-electron chi connectivity index (χ1n) is 10.5. The van der Waals surface area contributed by atoms with E-state index in [0.717, 1.165) is 50.4 Å². The highest BCUT2D eigenvalue weighted by Gasteiger charge is 2.16. The molecule has 0 fully saturated rings. The van der Waals surface area contributed by atoms with Gasteiger partial charge in [0.1, 0.15) is 5.82 Å². The van der Waals surface area contributed by atoms with Gasteiger partial charge in [-0.05, 0) is 70.2 Å². The van der Waals surface area contributed by atoms with Crippen LogP contribution in [-0.4, -0.2) is 16.1 Å². The Bertz CT molecular complexity index is 1390. The molecular formula is C28H21ClFNO2. The van der Waals surface area contributed by atoms with Crippen LogP contribution in [0.25, 0.3) is 28.1 Å². The molecular weight excluding hydrogens is 437 g/mol. The van der Waals surface area contributed by atoms with Crippen molar-refractivity contribution in [2.45, 2.75) is 13.3 Å². The van der Waals surface area contributed by atoms with Gasteiger partial charge < -0.3 is 5.11 Å². The average Bonchev–Trinajstić information content (AvgIpc) is 2.82. The molecule has 0 bridgehead atoms. The van der Waals surface area contributed by atoms with Crippen molar-refractivity contribution >= 4 is 45.7 Å². The number of nitrogens with zero attached hydrogens (tertiary/aromatic N) is 1. The number of hydrogen-bond donors (Lipinski definition) is 1. The molecule has 0 radical (unpaired) electrons. The highest BCUT2D eigenvalue weighted by atomic mass is 35.5. The van der Waals surface area contributed by atoms with Crippen molar-refractivity contribution < 1.29 is 14.3 Å². The molecule has 4 rings (SSSR count). The van der Waals surface area contributed by atoms with Gasteiger partial charge in [0.25, 0.3) is 0 Å². The molecule has 0 aliphatic carbocycles. The van der Waals surface area contributed by atoms with Crippen molar-refractivity contribution in [1.29, 1.82) is 0 Å². The Kier molecular flexibility index (Phi) is 6.66. The highest BCUT2D eigenvalue weighted by Crippen LogP contribution is 2.38. The summed E-state index contributed by atoms with van der Waals surface area (Å²) in [5, 5.41) is 10.3. The molecule has 0 aliphatic heterocycles. The fraction of sp³-hybridized carbons (Fsp3) is 0.0714. The van der Waals surface area contributed by atoms with Crippen molar-refractivity contribution in [2.24, 2.45) is 0 Å². The van der Waals surface area contributed by atoms with E-state index in [0.29, 0.717) is 11.4 Å². The normalized spacial score (nSPS) is 12.2. The van der Waals surface area contributed by atoms with Crippen LogP contribution in [0.15, 0.2) is 85.1 Å². The summed E-state index contributed by atoms with van der Waals surface area (Å²) in [5.74, 6) is -1.38. The fourth-order valence-corrected chi connectivity index (χ4v) is 4.18. The monoisotopic (exact) mass is 457 g/mol. The summed E-state index contributed by atoms with van der Waals surface area (Å²) >= 11 is 6.46. The summed E-state index contributed by atoms with van der Waals surface area (Å²) in [6, 6.07) is 22.1. The summed E-state index contributed by atoms with van der Waals surface area (Å²) < 4.78 is 13.8. The van der Waals surface area contributed by atoms with Gasteiger partial charge in [0.05, 0.1) is 10.5 Å². The van der Waals surface area contributed by atoms with Crippen LogP contribution in [0.2, 0.25) is 5.02 Å². The van der Waals surface area contributed by atoms with Crippen molar-refractivity contribution in [3.8, 4) is 0 Å². The number of carboxylic acid groups (broad SMARTS) is 1. The van der Waals surface area contributed by atoms with Crippen LogP contribution in [0, 0.1) is 5.82 Å². The van der Waals surface area contributed by atoms with Gasteiger partial charge in [-0.25, -0.2) is 9.18 Å². The predicted octanol–water partition coefficient (Wildman–Crippen LogP) is 7.49. The first kappa shape index (κ1) is 22.4. The first-order chi connectivity index (χ1) is 16.0. The Morgan fingerprint density at radius 2 is 1.79 bits per heavy atom. The number of allylic oxidation sites excluding steroid dienone is 1. The summed E-state index contributed by atoms with van der Waals surface area (Å²) in [4.78, 5) is 15.3. The summed E-state index contributed by atoms with van der Waals surface area (Å²) in [7, 11) is 0. The van der Waals surface area contributed by atoms with Crippen LogP contribution in [0.4, 0.5) is 4.39 Å². The van der Waals surface area contributed by atoms with E-state index in [1.54, 1.807) is 18.3 Å². The molecule has 0 atom stereocenters. The van der Waals surface area contributed by atoms with Crippen LogP contribution >= 0.6 is 11.6 Å². The van der Waals surface area contributed by atoms with Gasteiger partial charge in [0.2, 0.25) is 0 Å². The molecule has 0 saturated carbocycles. The number of carbonyl (C=O) groups is 1.